The number of nitrogens with zero attached hydrogens (tertiary/aromatic N) is 1. The fourth-order valence-corrected chi connectivity index (χ4v) is 4.67. The number of anilines is 1. The van der Waals surface area contributed by atoms with Gasteiger partial charge < -0.3 is 20.5 Å². The van der Waals surface area contributed by atoms with Gasteiger partial charge in [0.25, 0.3) is 11.8 Å². The van der Waals surface area contributed by atoms with Crippen LogP contribution in [0.4, 0.5) is 10.5 Å². The molecule has 0 spiro atoms. The molecule has 0 saturated carbocycles. The highest BCUT2D eigenvalue weighted by atomic mass is 35.5. The Morgan fingerprint density at radius 2 is 1.62 bits per heavy atom. The van der Waals surface area contributed by atoms with Crippen molar-refractivity contribution in [3.63, 3.8) is 0 Å². The summed E-state index contributed by atoms with van der Waals surface area (Å²) in [6, 6.07) is 16.8. The van der Waals surface area contributed by atoms with Gasteiger partial charge in [0.05, 0.1) is 10.7 Å². The molecule has 220 valence electrons. The first kappa shape index (κ1) is 32.0. The van der Waals surface area contributed by atoms with Crippen LogP contribution in [0.25, 0.3) is 0 Å². The van der Waals surface area contributed by atoms with Gasteiger partial charge in [0.1, 0.15) is 23.4 Å². The lowest BCUT2D eigenvalue weighted by Gasteiger charge is -2.31. The van der Waals surface area contributed by atoms with Crippen LogP contribution >= 0.6 is 11.6 Å². The van der Waals surface area contributed by atoms with Gasteiger partial charge in [0.2, 0.25) is 0 Å². The molecule has 0 bridgehead atoms. The molecule has 0 heterocycles. The van der Waals surface area contributed by atoms with Gasteiger partial charge in [-0.2, -0.15) is 0 Å². The molecule has 0 aliphatic rings. The highest BCUT2D eigenvalue weighted by Gasteiger charge is 2.37. The second-order valence-corrected chi connectivity index (χ2v) is 11.4. The fourth-order valence-electron chi connectivity index (χ4n) is 4.40. The van der Waals surface area contributed by atoms with E-state index in [-0.39, 0.29) is 12.2 Å². The number of nitrogens with one attached hydrogen (secondary N) is 2. The minimum Gasteiger partial charge on any atom is -0.508 e. The molecule has 3 amide bonds. The number of terminal acetylenes is 1. The van der Waals surface area contributed by atoms with Gasteiger partial charge in [-0.15, -0.1) is 0 Å². The van der Waals surface area contributed by atoms with E-state index in [4.69, 9.17) is 22.8 Å². The number of carbonyl (C=O) groups excluding carboxylic acids is 3. The summed E-state index contributed by atoms with van der Waals surface area (Å²) in [5.41, 5.74) is 3.13. The number of aryl methyl sites for hydroxylation is 2. The Morgan fingerprint density at radius 1 is 1.00 bits per heavy atom. The van der Waals surface area contributed by atoms with Gasteiger partial charge in [-0.05, 0) is 87.6 Å². The zero-order valence-electron chi connectivity index (χ0n) is 24.6. The molecule has 42 heavy (non-hydrogen) atoms. The number of phenols is 1. The van der Waals surface area contributed by atoms with Gasteiger partial charge in [-0.25, -0.2) is 4.79 Å². The minimum atomic E-state index is -1.26. The van der Waals surface area contributed by atoms with E-state index in [0.717, 1.165) is 21.6 Å². The van der Waals surface area contributed by atoms with Crippen LogP contribution in [0.3, 0.4) is 0 Å². The summed E-state index contributed by atoms with van der Waals surface area (Å²) in [5.74, 6) is -1.23. The van der Waals surface area contributed by atoms with E-state index in [2.05, 4.69) is 16.7 Å². The van der Waals surface area contributed by atoms with Crippen LogP contribution in [0.15, 0.2) is 60.7 Å². The third-order valence-electron chi connectivity index (χ3n) is 6.66. The third-order valence-corrected chi connectivity index (χ3v) is 6.97. The van der Waals surface area contributed by atoms with Crippen LogP contribution in [-0.4, -0.2) is 39.6 Å². The Labute approximate surface area is 252 Å². The Hall–Kier alpha value is -4.48. The predicted molar refractivity (Wildman–Crippen MR) is 164 cm³/mol. The number of rotatable bonds is 8. The lowest BCUT2D eigenvalue weighted by Crippen LogP contribution is -2.52. The molecule has 3 aromatic carbocycles. The van der Waals surface area contributed by atoms with E-state index < -0.39 is 35.6 Å². The quantitative estimate of drug-likeness (QED) is 0.214. The van der Waals surface area contributed by atoms with Crippen molar-refractivity contribution >= 4 is 35.2 Å². The maximum atomic E-state index is 14.2. The highest BCUT2D eigenvalue weighted by molar-refractivity contribution is 6.34. The standard InChI is InChI=1S/C33H36ClN3O5/c1-8-37(31(40)27(35-32(41)42-33(5,6)7)19-23-15-17-24(38)18-16-23)29(25-13-9-11-20(2)22(25)4)30(39)36-28-21(3)12-10-14-26(28)34/h1,9-18,27,29,38H,19H2,2-7H3,(H,35,41)(H,36,39). The second-order valence-electron chi connectivity index (χ2n) is 11.0. The first-order valence-electron chi connectivity index (χ1n) is 13.4. The molecule has 9 heteroatoms. The number of halogens is 1. The van der Waals surface area contributed by atoms with Crippen LogP contribution in [0.5, 0.6) is 5.75 Å². The second kappa shape index (κ2) is 13.5. The predicted octanol–water partition coefficient (Wildman–Crippen LogP) is 6.21. The van der Waals surface area contributed by atoms with Crippen LogP contribution in [0, 0.1) is 33.2 Å². The maximum Gasteiger partial charge on any atom is 0.408 e. The van der Waals surface area contributed by atoms with E-state index in [1.54, 1.807) is 70.2 Å². The Kier molecular flexibility index (Phi) is 10.3. The van der Waals surface area contributed by atoms with E-state index in [0.29, 0.717) is 21.8 Å². The van der Waals surface area contributed by atoms with Crippen LogP contribution in [-0.2, 0) is 20.7 Å². The Bertz CT molecular complexity index is 1490. The third kappa shape index (κ3) is 8.05. The topological polar surface area (TPSA) is 108 Å². The van der Waals surface area contributed by atoms with Crippen molar-refractivity contribution < 1.29 is 24.2 Å². The molecule has 0 radical (unpaired) electrons. The maximum absolute atomic E-state index is 14.2. The fraction of sp³-hybridized carbons (Fsp3) is 0.303. The molecule has 3 aromatic rings. The van der Waals surface area contributed by atoms with Crippen molar-refractivity contribution in [2.45, 2.75) is 65.6 Å². The molecule has 0 aromatic heterocycles. The number of phenolic OH excluding ortho intramolecular Hbond substituents is 1. The van der Waals surface area contributed by atoms with Gasteiger partial charge >= 0.3 is 6.09 Å². The number of hydrogen-bond donors (Lipinski definition) is 3. The summed E-state index contributed by atoms with van der Waals surface area (Å²) >= 11 is 6.40. The molecule has 0 aliphatic heterocycles. The highest BCUT2D eigenvalue weighted by Crippen LogP contribution is 2.31. The molecule has 0 saturated heterocycles. The summed E-state index contributed by atoms with van der Waals surface area (Å²) in [5, 5.41) is 15.5. The SMILES string of the molecule is C#CN(C(=O)C(Cc1ccc(O)cc1)NC(=O)OC(C)(C)C)C(C(=O)Nc1c(C)cccc1Cl)c1cccc(C)c1C. The number of para-hydroxylation sites is 1. The van der Waals surface area contributed by atoms with Gasteiger partial charge in [0.15, 0.2) is 0 Å². The lowest BCUT2D eigenvalue weighted by atomic mass is 9.94. The molecular weight excluding hydrogens is 554 g/mol. The molecule has 8 nitrogen and oxygen atoms in total. The normalized spacial score (nSPS) is 12.4. The van der Waals surface area contributed by atoms with Crippen molar-refractivity contribution in [3.8, 4) is 18.2 Å². The van der Waals surface area contributed by atoms with Crippen LogP contribution in [0.1, 0.15) is 54.6 Å². The summed E-state index contributed by atoms with van der Waals surface area (Å²) < 4.78 is 5.41. The number of ether oxygens (including phenoxy) is 1. The first-order chi connectivity index (χ1) is 19.7. The number of carbonyl (C=O) groups is 3. The monoisotopic (exact) mass is 589 g/mol. The number of alkyl carbamates (subject to hydrolysis) is 1. The summed E-state index contributed by atoms with van der Waals surface area (Å²) in [6.07, 6.45) is 5.14. The van der Waals surface area contributed by atoms with Crippen LogP contribution < -0.4 is 10.6 Å². The molecule has 2 unspecified atom stereocenters. The van der Waals surface area contributed by atoms with Crippen LogP contribution in [0.2, 0.25) is 5.02 Å². The van der Waals surface area contributed by atoms with E-state index in [1.807, 2.05) is 19.9 Å². The van der Waals surface area contributed by atoms with Gasteiger partial charge in [0, 0.05) is 12.5 Å². The number of benzene rings is 3. The van der Waals surface area contributed by atoms with E-state index >= 15 is 0 Å². The molecule has 2 atom stereocenters. The Balaban J connectivity index is 2.09. The molecule has 0 fully saturated rings. The van der Waals surface area contributed by atoms with Crippen molar-refractivity contribution in [1.29, 1.82) is 0 Å². The number of aromatic hydroxyl groups is 1. The van der Waals surface area contributed by atoms with Crippen molar-refractivity contribution in [2.75, 3.05) is 5.32 Å². The Morgan fingerprint density at radius 3 is 2.21 bits per heavy atom. The largest absolute Gasteiger partial charge is 0.508 e. The smallest absolute Gasteiger partial charge is 0.408 e. The summed E-state index contributed by atoms with van der Waals surface area (Å²) in [6.45, 7) is 10.7. The summed E-state index contributed by atoms with van der Waals surface area (Å²) in [7, 11) is 0. The number of amides is 3. The average molecular weight is 590 g/mol. The van der Waals surface area contributed by atoms with Crippen molar-refractivity contribution in [3.05, 3.63) is 93.5 Å². The average Bonchev–Trinajstić information content (AvgIpc) is 2.90. The summed E-state index contributed by atoms with van der Waals surface area (Å²) in [4.78, 5) is 42.0. The lowest BCUT2D eigenvalue weighted by molar-refractivity contribution is -0.136. The zero-order valence-corrected chi connectivity index (χ0v) is 25.4. The molecule has 3 N–H and O–H groups in total. The van der Waals surface area contributed by atoms with E-state index in [9.17, 15) is 19.5 Å². The van der Waals surface area contributed by atoms with Crippen molar-refractivity contribution in [1.82, 2.24) is 10.2 Å². The minimum absolute atomic E-state index is 0.0152. The van der Waals surface area contributed by atoms with Gasteiger partial charge in [-0.3, -0.25) is 14.5 Å². The zero-order chi connectivity index (χ0) is 31.2. The van der Waals surface area contributed by atoms with E-state index in [1.165, 1.54) is 12.1 Å². The molecular formula is C33H36ClN3O5. The first-order valence-corrected chi connectivity index (χ1v) is 13.8. The molecule has 3 rings (SSSR count). The number of hydrogen-bond acceptors (Lipinski definition) is 5. The van der Waals surface area contributed by atoms with Crippen molar-refractivity contribution in [2.24, 2.45) is 0 Å². The molecule has 0 aliphatic carbocycles. The van der Waals surface area contributed by atoms with Gasteiger partial charge in [-0.1, -0.05) is 60.5 Å².